The van der Waals surface area contributed by atoms with Gasteiger partial charge in [0.2, 0.25) is 5.43 Å². The van der Waals surface area contributed by atoms with Gasteiger partial charge >= 0.3 is 0 Å². The SMILES string of the molecule is O=c1c(Br)c(-c2ccccc2)oc2cc(O)c(Br)c(O)c12. The van der Waals surface area contributed by atoms with Gasteiger partial charge in [-0.3, -0.25) is 4.79 Å². The number of phenols is 2. The Morgan fingerprint density at radius 2 is 1.67 bits per heavy atom. The first kappa shape index (κ1) is 14.2. The number of rotatable bonds is 1. The number of benzene rings is 2. The predicted octanol–water partition coefficient (Wildman–Crippen LogP) is 4.40. The van der Waals surface area contributed by atoms with E-state index in [1.165, 1.54) is 6.07 Å². The van der Waals surface area contributed by atoms with Crippen LogP contribution in [0.5, 0.6) is 11.5 Å². The molecule has 21 heavy (non-hydrogen) atoms. The lowest BCUT2D eigenvalue weighted by molar-refractivity contribution is 0.446. The molecule has 3 aromatic rings. The van der Waals surface area contributed by atoms with Crippen molar-refractivity contribution in [2.24, 2.45) is 0 Å². The second-order valence-electron chi connectivity index (χ2n) is 4.37. The second-order valence-corrected chi connectivity index (χ2v) is 5.96. The van der Waals surface area contributed by atoms with Gasteiger partial charge in [0, 0.05) is 11.6 Å². The fraction of sp³-hybridized carbons (Fsp3) is 0. The Labute approximate surface area is 135 Å². The Morgan fingerprint density at radius 3 is 2.33 bits per heavy atom. The van der Waals surface area contributed by atoms with Gasteiger partial charge < -0.3 is 14.6 Å². The van der Waals surface area contributed by atoms with Crippen LogP contribution in [-0.4, -0.2) is 10.2 Å². The molecule has 106 valence electrons. The van der Waals surface area contributed by atoms with Gasteiger partial charge in [0.25, 0.3) is 0 Å². The molecule has 0 radical (unpaired) electrons. The average Bonchev–Trinajstić information content (AvgIpc) is 2.49. The summed E-state index contributed by atoms with van der Waals surface area (Å²) in [6.07, 6.45) is 0. The second kappa shape index (κ2) is 5.20. The minimum Gasteiger partial charge on any atom is -0.506 e. The highest BCUT2D eigenvalue weighted by Crippen LogP contribution is 2.40. The lowest BCUT2D eigenvalue weighted by Gasteiger charge is -2.09. The zero-order valence-corrected chi connectivity index (χ0v) is 13.6. The van der Waals surface area contributed by atoms with E-state index in [0.717, 1.165) is 0 Å². The molecule has 0 aliphatic rings. The van der Waals surface area contributed by atoms with Crippen LogP contribution < -0.4 is 5.43 Å². The Kier molecular flexibility index (Phi) is 3.51. The normalized spacial score (nSPS) is 11.0. The first-order valence-corrected chi connectivity index (χ1v) is 7.51. The molecule has 0 aliphatic heterocycles. The Balaban J connectivity index is 2.44. The average molecular weight is 412 g/mol. The lowest BCUT2D eigenvalue weighted by Crippen LogP contribution is -2.04. The summed E-state index contributed by atoms with van der Waals surface area (Å²) in [7, 11) is 0. The number of halogens is 2. The first-order chi connectivity index (χ1) is 10.0. The van der Waals surface area contributed by atoms with Crippen LogP contribution in [0.1, 0.15) is 0 Å². The molecule has 2 aromatic carbocycles. The van der Waals surface area contributed by atoms with Gasteiger partial charge in [-0.2, -0.15) is 0 Å². The molecule has 3 rings (SSSR count). The standard InChI is InChI=1S/C15H8Br2O4/c16-11-8(18)6-9-10(13(11)19)14(20)12(17)15(21-9)7-4-2-1-3-5-7/h1-6,18-19H. The molecule has 2 N–H and O–H groups in total. The van der Waals surface area contributed by atoms with E-state index in [9.17, 15) is 15.0 Å². The summed E-state index contributed by atoms with van der Waals surface area (Å²) in [4.78, 5) is 12.4. The molecule has 0 fully saturated rings. The molecule has 6 heteroatoms. The fourth-order valence-electron chi connectivity index (χ4n) is 2.05. The molecule has 0 unspecified atom stereocenters. The van der Waals surface area contributed by atoms with Crippen molar-refractivity contribution in [2.75, 3.05) is 0 Å². The van der Waals surface area contributed by atoms with Crippen LogP contribution in [0.3, 0.4) is 0 Å². The van der Waals surface area contributed by atoms with E-state index in [-0.39, 0.29) is 31.4 Å². The predicted molar refractivity (Wildman–Crippen MR) is 86.6 cm³/mol. The van der Waals surface area contributed by atoms with Crippen molar-refractivity contribution in [3.05, 3.63) is 55.6 Å². The number of aromatic hydroxyl groups is 2. The maximum absolute atomic E-state index is 12.4. The van der Waals surface area contributed by atoms with Gasteiger partial charge in [-0.05, 0) is 31.9 Å². The highest BCUT2D eigenvalue weighted by molar-refractivity contribution is 9.11. The van der Waals surface area contributed by atoms with E-state index < -0.39 is 5.43 Å². The summed E-state index contributed by atoms with van der Waals surface area (Å²) in [5.41, 5.74) is 0.416. The van der Waals surface area contributed by atoms with E-state index in [1.807, 2.05) is 18.2 Å². The van der Waals surface area contributed by atoms with E-state index >= 15 is 0 Å². The largest absolute Gasteiger partial charge is 0.506 e. The molecule has 0 saturated heterocycles. The number of hydrogen-bond acceptors (Lipinski definition) is 4. The van der Waals surface area contributed by atoms with Crippen molar-refractivity contribution in [3.63, 3.8) is 0 Å². The molecular formula is C15H8Br2O4. The molecule has 1 heterocycles. The van der Waals surface area contributed by atoms with Crippen molar-refractivity contribution in [3.8, 4) is 22.8 Å². The van der Waals surface area contributed by atoms with Crippen LogP contribution in [0.2, 0.25) is 0 Å². The molecule has 0 amide bonds. The zero-order chi connectivity index (χ0) is 15.1. The van der Waals surface area contributed by atoms with Gasteiger partial charge in [0.15, 0.2) is 5.76 Å². The van der Waals surface area contributed by atoms with E-state index in [0.29, 0.717) is 11.3 Å². The van der Waals surface area contributed by atoms with Crippen LogP contribution in [-0.2, 0) is 0 Å². The van der Waals surface area contributed by atoms with E-state index in [4.69, 9.17) is 4.42 Å². The third-order valence-electron chi connectivity index (χ3n) is 3.06. The highest BCUT2D eigenvalue weighted by Gasteiger charge is 2.20. The maximum atomic E-state index is 12.4. The van der Waals surface area contributed by atoms with Gasteiger partial charge in [0.05, 0.1) is 0 Å². The molecular weight excluding hydrogens is 404 g/mol. The minimum atomic E-state index is -0.409. The number of phenolic OH excluding ortho intramolecular Hbond substituents is 2. The summed E-state index contributed by atoms with van der Waals surface area (Å²) < 4.78 is 5.96. The molecule has 0 aliphatic carbocycles. The van der Waals surface area contributed by atoms with E-state index in [2.05, 4.69) is 31.9 Å². The maximum Gasteiger partial charge on any atom is 0.211 e. The zero-order valence-electron chi connectivity index (χ0n) is 10.4. The number of hydrogen-bond donors (Lipinski definition) is 2. The van der Waals surface area contributed by atoms with E-state index in [1.54, 1.807) is 12.1 Å². The van der Waals surface area contributed by atoms with Crippen LogP contribution in [0, 0.1) is 0 Å². The Hall–Kier alpha value is -1.79. The van der Waals surface area contributed by atoms with Crippen molar-refractivity contribution >= 4 is 42.8 Å². The van der Waals surface area contributed by atoms with Crippen LogP contribution in [0.25, 0.3) is 22.3 Å². The molecule has 0 atom stereocenters. The number of fused-ring (bicyclic) bond motifs is 1. The van der Waals surface area contributed by atoms with Gasteiger partial charge in [-0.25, -0.2) is 0 Å². The third kappa shape index (κ3) is 2.24. The quantitative estimate of drug-likeness (QED) is 0.622. The van der Waals surface area contributed by atoms with Crippen molar-refractivity contribution < 1.29 is 14.6 Å². The fourth-order valence-corrected chi connectivity index (χ4v) is 2.87. The van der Waals surface area contributed by atoms with Crippen LogP contribution in [0.4, 0.5) is 0 Å². The summed E-state index contributed by atoms with van der Waals surface area (Å²) in [6.45, 7) is 0. The van der Waals surface area contributed by atoms with Crippen LogP contribution >= 0.6 is 31.9 Å². The summed E-state index contributed by atoms with van der Waals surface area (Å²) in [5, 5.41) is 19.8. The highest BCUT2D eigenvalue weighted by atomic mass is 79.9. The lowest BCUT2D eigenvalue weighted by atomic mass is 10.1. The summed E-state index contributed by atoms with van der Waals surface area (Å²) >= 11 is 6.25. The molecule has 0 saturated carbocycles. The smallest absolute Gasteiger partial charge is 0.211 e. The Morgan fingerprint density at radius 1 is 1.00 bits per heavy atom. The van der Waals surface area contributed by atoms with Crippen LogP contribution in [0.15, 0.2) is 54.6 Å². The summed E-state index contributed by atoms with van der Waals surface area (Å²) in [6, 6.07) is 10.4. The minimum absolute atomic E-state index is 0.00577. The molecule has 4 nitrogen and oxygen atoms in total. The van der Waals surface area contributed by atoms with Crippen molar-refractivity contribution in [1.29, 1.82) is 0 Å². The monoisotopic (exact) mass is 410 g/mol. The van der Waals surface area contributed by atoms with Crippen molar-refractivity contribution in [1.82, 2.24) is 0 Å². The Bertz CT molecular complexity index is 901. The third-order valence-corrected chi connectivity index (χ3v) is 4.56. The first-order valence-electron chi connectivity index (χ1n) is 5.93. The van der Waals surface area contributed by atoms with Gasteiger partial charge in [-0.15, -0.1) is 0 Å². The van der Waals surface area contributed by atoms with Gasteiger partial charge in [0.1, 0.15) is 31.4 Å². The topological polar surface area (TPSA) is 70.7 Å². The molecule has 0 spiro atoms. The summed E-state index contributed by atoms with van der Waals surface area (Å²) in [5.74, 6) is -0.210. The molecule has 1 aromatic heterocycles. The molecule has 0 bridgehead atoms. The van der Waals surface area contributed by atoms with Crippen molar-refractivity contribution in [2.45, 2.75) is 0 Å². The van der Waals surface area contributed by atoms with Gasteiger partial charge in [-0.1, -0.05) is 30.3 Å².